The van der Waals surface area contributed by atoms with Gasteiger partial charge in [-0.15, -0.1) is 0 Å². The van der Waals surface area contributed by atoms with Crippen LogP contribution in [0.15, 0.2) is 23.0 Å². The second-order valence-corrected chi connectivity index (χ2v) is 3.52. The molecule has 0 saturated heterocycles. The van der Waals surface area contributed by atoms with Gasteiger partial charge in [0, 0.05) is 0 Å². The summed E-state index contributed by atoms with van der Waals surface area (Å²) in [6, 6.07) is 4.50. The van der Waals surface area contributed by atoms with Crippen LogP contribution >= 0.6 is 12.2 Å². The molecule has 1 aromatic carbocycles. The summed E-state index contributed by atoms with van der Waals surface area (Å²) in [5.41, 5.74) is 0.520. The van der Waals surface area contributed by atoms with Gasteiger partial charge in [0.15, 0.2) is 0 Å². The van der Waals surface area contributed by atoms with Gasteiger partial charge in [-0.3, -0.25) is 5.10 Å². The van der Waals surface area contributed by atoms with E-state index in [4.69, 9.17) is 12.2 Å². The van der Waals surface area contributed by atoms with Crippen LogP contribution in [0.1, 0.15) is 5.56 Å². The average molecular weight is 225 g/mol. The first-order valence-corrected chi connectivity index (χ1v) is 4.66. The molecule has 78 valence electrons. The van der Waals surface area contributed by atoms with Crippen molar-refractivity contribution >= 4 is 12.2 Å². The van der Waals surface area contributed by atoms with E-state index in [2.05, 4.69) is 10.2 Å². The molecule has 0 amide bonds. The molecule has 15 heavy (non-hydrogen) atoms. The number of aromatic nitrogens is 3. The molecule has 0 aliphatic carbocycles. The van der Waals surface area contributed by atoms with E-state index in [1.54, 1.807) is 19.1 Å². The van der Waals surface area contributed by atoms with E-state index in [-0.39, 0.29) is 10.6 Å². The van der Waals surface area contributed by atoms with E-state index in [0.29, 0.717) is 11.3 Å². The molecule has 0 spiro atoms. The lowest BCUT2D eigenvalue weighted by molar-refractivity contribution is 0.617. The Kier molecular flexibility index (Phi) is 2.28. The van der Waals surface area contributed by atoms with E-state index in [9.17, 15) is 9.18 Å². The van der Waals surface area contributed by atoms with Gasteiger partial charge in [0.25, 0.3) is 0 Å². The number of rotatable bonds is 1. The van der Waals surface area contributed by atoms with Crippen LogP contribution in [-0.4, -0.2) is 14.8 Å². The van der Waals surface area contributed by atoms with Gasteiger partial charge in [0.1, 0.15) is 5.82 Å². The summed E-state index contributed by atoms with van der Waals surface area (Å²) in [5, 5.41) is 4.81. The zero-order valence-electron chi connectivity index (χ0n) is 7.87. The third-order valence-corrected chi connectivity index (χ3v) is 2.38. The summed E-state index contributed by atoms with van der Waals surface area (Å²) >= 11 is 4.88. The van der Waals surface area contributed by atoms with Crippen LogP contribution in [0.3, 0.4) is 0 Å². The number of H-pyrrole nitrogens is 2. The number of aromatic amines is 2. The van der Waals surface area contributed by atoms with Gasteiger partial charge >= 0.3 is 5.69 Å². The molecular formula is C9H8FN3OS. The first-order valence-electron chi connectivity index (χ1n) is 4.26. The van der Waals surface area contributed by atoms with E-state index < -0.39 is 5.69 Å². The number of aryl methyl sites for hydroxylation is 1. The molecule has 0 saturated carbocycles. The van der Waals surface area contributed by atoms with Gasteiger partial charge in [0.2, 0.25) is 4.77 Å². The topological polar surface area (TPSA) is 53.6 Å². The van der Waals surface area contributed by atoms with Crippen LogP contribution in [0, 0.1) is 17.5 Å². The Morgan fingerprint density at radius 1 is 1.40 bits per heavy atom. The number of nitrogens with one attached hydrogen (secondary N) is 2. The number of halogens is 1. The van der Waals surface area contributed by atoms with Crippen LogP contribution in [0.25, 0.3) is 5.69 Å². The number of benzene rings is 1. The van der Waals surface area contributed by atoms with Crippen molar-refractivity contribution in [3.05, 3.63) is 44.8 Å². The largest absolute Gasteiger partial charge is 0.347 e. The maximum atomic E-state index is 13.3. The SMILES string of the molecule is Cc1ccc(-n2c(=O)[nH][nH]c2=S)cc1F. The summed E-state index contributed by atoms with van der Waals surface area (Å²) in [6.45, 7) is 1.65. The summed E-state index contributed by atoms with van der Waals surface area (Å²) in [6.07, 6.45) is 0. The van der Waals surface area contributed by atoms with Crippen molar-refractivity contribution in [1.82, 2.24) is 14.8 Å². The molecule has 2 N–H and O–H groups in total. The molecule has 1 aromatic heterocycles. The molecule has 2 aromatic rings. The monoisotopic (exact) mass is 225 g/mol. The van der Waals surface area contributed by atoms with Gasteiger partial charge in [0.05, 0.1) is 5.69 Å². The molecule has 0 unspecified atom stereocenters. The molecule has 1 heterocycles. The third kappa shape index (κ3) is 1.63. The highest BCUT2D eigenvalue weighted by Crippen LogP contribution is 2.11. The Balaban J connectivity index is 2.70. The molecule has 0 fully saturated rings. The van der Waals surface area contributed by atoms with Gasteiger partial charge < -0.3 is 0 Å². The molecule has 0 atom stereocenters. The number of hydrogen-bond donors (Lipinski definition) is 2. The van der Waals surface area contributed by atoms with Gasteiger partial charge in [-0.2, -0.15) is 0 Å². The number of nitrogens with zero attached hydrogens (tertiary/aromatic N) is 1. The first-order chi connectivity index (χ1) is 7.09. The molecule has 4 nitrogen and oxygen atoms in total. The van der Waals surface area contributed by atoms with Crippen molar-refractivity contribution in [2.75, 3.05) is 0 Å². The quantitative estimate of drug-likeness (QED) is 0.725. The first kappa shape index (κ1) is 9.85. The summed E-state index contributed by atoms with van der Waals surface area (Å²) in [7, 11) is 0. The normalized spacial score (nSPS) is 10.5. The fourth-order valence-electron chi connectivity index (χ4n) is 1.27. The second-order valence-electron chi connectivity index (χ2n) is 3.13. The molecular weight excluding hydrogens is 217 g/mol. The molecule has 0 aliphatic rings. The minimum Gasteiger partial charge on any atom is -0.272 e. The highest BCUT2D eigenvalue weighted by Gasteiger charge is 2.05. The third-order valence-electron chi connectivity index (χ3n) is 2.10. The Hall–Kier alpha value is -1.69. The fourth-order valence-corrected chi connectivity index (χ4v) is 1.51. The van der Waals surface area contributed by atoms with Crippen molar-refractivity contribution in [3.8, 4) is 5.69 Å². The van der Waals surface area contributed by atoms with Crippen molar-refractivity contribution in [1.29, 1.82) is 0 Å². The average Bonchev–Trinajstić information content (AvgIpc) is 2.52. The minimum absolute atomic E-state index is 0.211. The summed E-state index contributed by atoms with van der Waals surface area (Å²) in [4.78, 5) is 11.3. The van der Waals surface area contributed by atoms with E-state index in [0.717, 1.165) is 0 Å². The Labute approximate surface area is 89.4 Å². The lowest BCUT2D eigenvalue weighted by atomic mass is 10.2. The highest BCUT2D eigenvalue weighted by atomic mass is 32.1. The summed E-state index contributed by atoms with van der Waals surface area (Å²) in [5.74, 6) is -0.366. The number of hydrogen-bond acceptors (Lipinski definition) is 2. The van der Waals surface area contributed by atoms with E-state index >= 15 is 0 Å². The van der Waals surface area contributed by atoms with E-state index in [1.165, 1.54) is 10.6 Å². The van der Waals surface area contributed by atoms with Gasteiger partial charge in [-0.05, 0) is 36.8 Å². The van der Waals surface area contributed by atoms with Crippen molar-refractivity contribution in [2.24, 2.45) is 0 Å². The maximum absolute atomic E-state index is 13.3. The van der Waals surface area contributed by atoms with Gasteiger partial charge in [-0.25, -0.2) is 18.9 Å². The van der Waals surface area contributed by atoms with Crippen LogP contribution in [0.5, 0.6) is 0 Å². The molecule has 0 aliphatic heterocycles. The van der Waals surface area contributed by atoms with Crippen molar-refractivity contribution in [2.45, 2.75) is 6.92 Å². The van der Waals surface area contributed by atoms with Crippen LogP contribution in [0.4, 0.5) is 4.39 Å². The molecule has 2 rings (SSSR count). The summed E-state index contributed by atoms with van der Waals surface area (Å²) < 4.78 is 14.7. The van der Waals surface area contributed by atoms with Crippen molar-refractivity contribution < 1.29 is 4.39 Å². The standard InChI is InChI=1S/C9H8FN3OS/c1-5-2-3-6(4-7(5)10)13-8(14)11-12-9(13)15/h2-4H,1H3,(H,11,14)(H,12,15). The molecule has 0 bridgehead atoms. The maximum Gasteiger partial charge on any atom is 0.347 e. The van der Waals surface area contributed by atoms with Gasteiger partial charge in [-0.1, -0.05) is 6.07 Å². The Morgan fingerprint density at radius 2 is 2.13 bits per heavy atom. The minimum atomic E-state index is -0.414. The van der Waals surface area contributed by atoms with E-state index in [1.807, 2.05) is 0 Å². The van der Waals surface area contributed by atoms with Crippen LogP contribution < -0.4 is 5.69 Å². The highest BCUT2D eigenvalue weighted by molar-refractivity contribution is 7.71. The molecule has 0 radical (unpaired) electrons. The Morgan fingerprint density at radius 3 is 2.67 bits per heavy atom. The Bertz CT molecular complexity index is 583. The smallest absolute Gasteiger partial charge is 0.272 e. The second kappa shape index (κ2) is 3.47. The fraction of sp³-hybridized carbons (Fsp3) is 0.111. The predicted octanol–water partition coefficient (Wildman–Crippen LogP) is 1.67. The molecule has 6 heteroatoms. The van der Waals surface area contributed by atoms with Crippen LogP contribution in [-0.2, 0) is 0 Å². The zero-order valence-corrected chi connectivity index (χ0v) is 8.69. The lowest BCUT2D eigenvalue weighted by Crippen LogP contribution is -2.15. The van der Waals surface area contributed by atoms with Crippen molar-refractivity contribution in [3.63, 3.8) is 0 Å². The lowest BCUT2D eigenvalue weighted by Gasteiger charge is -2.01. The zero-order chi connectivity index (χ0) is 11.0. The van der Waals surface area contributed by atoms with Crippen LogP contribution in [0.2, 0.25) is 0 Å². The predicted molar refractivity (Wildman–Crippen MR) is 56.3 cm³/mol.